The van der Waals surface area contributed by atoms with Crippen LogP contribution in [0.1, 0.15) is 18.5 Å². The van der Waals surface area contributed by atoms with E-state index in [0.717, 1.165) is 31.6 Å². The third-order valence-corrected chi connectivity index (χ3v) is 3.71. The molecule has 3 rings (SSSR count). The van der Waals surface area contributed by atoms with Gasteiger partial charge in [0.25, 0.3) is 0 Å². The second-order valence-corrected chi connectivity index (χ2v) is 5.49. The van der Waals surface area contributed by atoms with Gasteiger partial charge in [0.05, 0.1) is 0 Å². The number of aryl methyl sites for hydroxylation is 1. The Kier molecular flexibility index (Phi) is 3.64. The van der Waals surface area contributed by atoms with Gasteiger partial charge in [0, 0.05) is 25.0 Å². The van der Waals surface area contributed by atoms with Gasteiger partial charge < -0.3 is 10.6 Å². The molecule has 2 aromatic heterocycles. The minimum atomic E-state index is 0.233. The Morgan fingerprint density at radius 2 is 1.90 bits per heavy atom. The number of hydrogen-bond donors (Lipinski definition) is 1. The topological polar surface area (TPSA) is 93.7 Å². The maximum absolute atomic E-state index is 5.77. The highest BCUT2D eigenvalue weighted by molar-refractivity contribution is 7.99. The summed E-state index contributed by atoms with van der Waals surface area (Å²) in [7, 11) is 0. The fraction of sp³-hybridized carbons (Fsp3) is 0.417. The van der Waals surface area contributed by atoms with Crippen molar-refractivity contribution in [2.24, 2.45) is 0 Å². The molecule has 7 nitrogen and oxygen atoms in total. The first kappa shape index (κ1) is 13.0. The Hall–Kier alpha value is -1.96. The fourth-order valence-corrected chi connectivity index (χ4v) is 2.75. The first-order valence-corrected chi connectivity index (χ1v) is 7.26. The summed E-state index contributed by atoms with van der Waals surface area (Å²) in [6.07, 6.45) is 4.04. The number of hydrogen-bond acceptors (Lipinski definition) is 8. The number of aromatic nitrogens is 5. The van der Waals surface area contributed by atoms with E-state index in [1.807, 2.05) is 13.0 Å². The van der Waals surface area contributed by atoms with Crippen molar-refractivity contribution >= 4 is 23.7 Å². The second kappa shape index (κ2) is 5.58. The van der Waals surface area contributed by atoms with E-state index >= 15 is 0 Å². The van der Waals surface area contributed by atoms with Gasteiger partial charge in [-0.3, -0.25) is 0 Å². The zero-order valence-corrected chi connectivity index (χ0v) is 12.0. The van der Waals surface area contributed by atoms with Gasteiger partial charge in [0.15, 0.2) is 5.16 Å². The zero-order valence-electron chi connectivity index (χ0n) is 11.2. The van der Waals surface area contributed by atoms with E-state index in [9.17, 15) is 0 Å². The maximum atomic E-state index is 5.77. The molecule has 0 amide bonds. The summed E-state index contributed by atoms with van der Waals surface area (Å²) in [5, 5.41) is 1.15. The molecule has 0 bridgehead atoms. The molecule has 104 valence electrons. The molecule has 0 aliphatic carbocycles. The molecule has 1 saturated heterocycles. The highest BCUT2D eigenvalue weighted by Gasteiger charge is 2.17. The Bertz CT molecular complexity index is 613. The number of nitrogen functional groups attached to an aromatic ring is 1. The van der Waals surface area contributed by atoms with E-state index in [1.165, 1.54) is 11.8 Å². The van der Waals surface area contributed by atoms with Crippen LogP contribution in [0.5, 0.6) is 0 Å². The van der Waals surface area contributed by atoms with Gasteiger partial charge in [-0.2, -0.15) is 15.0 Å². The third-order valence-electron chi connectivity index (χ3n) is 2.96. The lowest BCUT2D eigenvalue weighted by Crippen LogP contribution is -2.21. The molecule has 2 aromatic rings. The molecule has 0 saturated carbocycles. The van der Waals surface area contributed by atoms with Crippen LogP contribution in [-0.4, -0.2) is 38.0 Å². The second-order valence-electron chi connectivity index (χ2n) is 4.55. The van der Waals surface area contributed by atoms with Crippen LogP contribution >= 0.6 is 11.8 Å². The summed E-state index contributed by atoms with van der Waals surface area (Å²) in [5.41, 5.74) is 6.67. The largest absolute Gasteiger partial charge is 0.368 e. The van der Waals surface area contributed by atoms with Crippen molar-refractivity contribution in [3.63, 3.8) is 0 Å². The Morgan fingerprint density at radius 1 is 1.10 bits per heavy atom. The normalized spacial score (nSPS) is 14.8. The summed E-state index contributed by atoms with van der Waals surface area (Å²) in [4.78, 5) is 23.4. The van der Waals surface area contributed by atoms with Crippen molar-refractivity contribution < 1.29 is 0 Å². The Morgan fingerprint density at radius 3 is 2.65 bits per heavy atom. The van der Waals surface area contributed by atoms with Gasteiger partial charge in [-0.15, -0.1) is 0 Å². The number of rotatable bonds is 3. The highest BCUT2D eigenvalue weighted by Crippen LogP contribution is 2.24. The van der Waals surface area contributed by atoms with Crippen LogP contribution in [0, 0.1) is 6.92 Å². The average Bonchev–Trinajstić information content (AvgIpc) is 2.91. The summed E-state index contributed by atoms with van der Waals surface area (Å²) >= 11 is 1.30. The van der Waals surface area contributed by atoms with E-state index in [-0.39, 0.29) is 5.95 Å². The predicted octanol–water partition coefficient (Wildman–Crippen LogP) is 1.30. The lowest BCUT2D eigenvalue weighted by atomic mass is 10.4. The van der Waals surface area contributed by atoms with Crippen LogP contribution in [0.15, 0.2) is 22.6 Å². The van der Waals surface area contributed by atoms with Gasteiger partial charge in [-0.1, -0.05) is 0 Å². The summed E-state index contributed by atoms with van der Waals surface area (Å²) in [6.45, 7) is 3.85. The molecule has 3 heterocycles. The molecule has 1 fully saturated rings. The van der Waals surface area contributed by atoms with Gasteiger partial charge in [0.1, 0.15) is 0 Å². The summed E-state index contributed by atoms with van der Waals surface area (Å²) in [6, 6.07) is 1.85. The lowest BCUT2D eigenvalue weighted by molar-refractivity contribution is 0.829. The SMILES string of the molecule is Cc1ccnc(Sc2nc(N)nc(N3CCCC3)n2)n1. The third kappa shape index (κ3) is 2.96. The lowest BCUT2D eigenvalue weighted by Gasteiger charge is -2.15. The van der Waals surface area contributed by atoms with Crippen LogP contribution in [0.4, 0.5) is 11.9 Å². The number of nitrogens with zero attached hydrogens (tertiary/aromatic N) is 6. The van der Waals surface area contributed by atoms with Gasteiger partial charge in [0.2, 0.25) is 17.1 Å². The summed E-state index contributed by atoms with van der Waals surface area (Å²) < 4.78 is 0. The molecule has 0 atom stereocenters. The molecular formula is C12H15N7S. The van der Waals surface area contributed by atoms with Crippen molar-refractivity contribution in [3.05, 3.63) is 18.0 Å². The molecule has 20 heavy (non-hydrogen) atoms. The van der Waals surface area contributed by atoms with Crippen molar-refractivity contribution in [1.29, 1.82) is 0 Å². The summed E-state index contributed by atoms with van der Waals surface area (Å²) in [5.74, 6) is 0.877. The van der Waals surface area contributed by atoms with E-state index < -0.39 is 0 Å². The highest BCUT2D eigenvalue weighted by atomic mass is 32.2. The molecule has 1 aliphatic rings. The first-order valence-electron chi connectivity index (χ1n) is 6.45. The van der Waals surface area contributed by atoms with E-state index in [1.54, 1.807) is 6.20 Å². The Balaban J connectivity index is 1.85. The minimum absolute atomic E-state index is 0.233. The van der Waals surface area contributed by atoms with Gasteiger partial charge in [-0.05, 0) is 37.6 Å². The number of anilines is 2. The fourth-order valence-electron chi connectivity index (χ4n) is 2.02. The van der Waals surface area contributed by atoms with Crippen molar-refractivity contribution in [2.45, 2.75) is 30.1 Å². The molecule has 0 aromatic carbocycles. The minimum Gasteiger partial charge on any atom is -0.368 e. The Labute approximate surface area is 121 Å². The van der Waals surface area contributed by atoms with Crippen molar-refractivity contribution in [3.8, 4) is 0 Å². The average molecular weight is 289 g/mol. The molecule has 0 unspecified atom stereocenters. The molecule has 0 radical (unpaired) electrons. The van der Waals surface area contributed by atoms with Crippen LogP contribution in [0.3, 0.4) is 0 Å². The maximum Gasteiger partial charge on any atom is 0.231 e. The van der Waals surface area contributed by atoms with Gasteiger partial charge >= 0.3 is 0 Å². The molecule has 0 spiro atoms. The standard InChI is InChI=1S/C12H15N7S/c1-8-4-5-14-11(15-8)20-12-17-9(13)16-10(18-12)19-6-2-3-7-19/h4-5H,2-3,6-7H2,1H3,(H2,13,16,17,18). The monoisotopic (exact) mass is 289 g/mol. The van der Waals surface area contributed by atoms with E-state index in [4.69, 9.17) is 5.73 Å². The first-order chi connectivity index (χ1) is 9.70. The molecule has 8 heteroatoms. The number of nitrogens with two attached hydrogens (primary N) is 1. The molecule has 2 N–H and O–H groups in total. The van der Waals surface area contributed by atoms with Crippen molar-refractivity contribution in [1.82, 2.24) is 24.9 Å². The van der Waals surface area contributed by atoms with Gasteiger partial charge in [-0.25, -0.2) is 9.97 Å². The smallest absolute Gasteiger partial charge is 0.231 e. The van der Waals surface area contributed by atoms with Crippen LogP contribution in [0.25, 0.3) is 0 Å². The van der Waals surface area contributed by atoms with Crippen LogP contribution in [-0.2, 0) is 0 Å². The zero-order chi connectivity index (χ0) is 13.9. The van der Waals surface area contributed by atoms with Crippen LogP contribution < -0.4 is 10.6 Å². The predicted molar refractivity (Wildman–Crippen MR) is 76.6 cm³/mol. The van der Waals surface area contributed by atoms with E-state index in [2.05, 4.69) is 29.8 Å². The van der Waals surface area contributed by atoms with Crippen molar-refractivity contribution in [2.75, 3.05) is 23.7 Å². The van der Waals surface area contributed by atoms with E-state index in [0.29, 0.717) is 16.3 Å². The molecule has 1 aliphatic heterocycles. The molecular weight excluding hydrogens is 274 g/mol. The van der Waals surface area contributed by atoms with Crippen LogP contribution in [0.2, 0.25) is 0 Å². The quantitative estimate of drug-likeness (QED) is 0.845.